The SMILES string of the molecule is O=C(O)c1ccccc1C(=O)Nc1ccccc1-c1cc2ccccc2[nH]1. The molecule has 4 rings (SSSR count). The molecule has 0 unspecified atom stereocenters. The standard InChI is InChI=1S/C22H16N2O3/c25-21(15-8-2-3-9-16(15)22(26)27)24-19-12-6-4-10-17(19)20-13-14-7-1-5-11-18(14)23-20/h1-13,23H,(H,24,25)(H,26,27). The lowest BCUT2D eigenvalue weighted by molar-refractivity contribution is 0.0692. The predicted octanol–water partition coefficient (Wildman–Crippen LogP) is 4.79. The van der Waals surface area contributed by atoms with E-state index in [4.69, 9.17) is 0 Å². The van der Waals surface area contributed by atoms with Crippen LogP contribution in [0.25, 0.3) is 22.2 Å². The number of aromatic nitrogens is 1. The molecule has 3 N–H and O–H groups in total. The van der Waals surface area contributed by atoms with Crippen molar-refractivity contribution in [2.24, 2.45) is 0 Å². The second kappa shape index (κ2) is 6.80. The molecular weight excluding hydrogens is 340 g/mol. The fourth-order valence-electron chi connectivity index (χ4n) is 3.10. The largest absolute Gasteiger partial charge is 0.478 e. The molecule has 0 aliphatic rings. The van der Waals surface area contributed by atoms with Crippen LogP contribution in [0.4, 0.5) is 5.69 Å². The van der Waals surface area contributed by atoms with Crippen LogP contribution in [0.1, 0.15) is 20.7 Å². The number of hydrogen-bond acceptors (Lipinski definition) is 2. The van der Waals surface area contributed by atoms with Gasteiger partial charge in [-0.2, -0.15) is 0 Å². The van der Waals surface area contributed by atoms with Crippen LogP contribution in [0.15, 0.2) is 78.9 Å². The molecule has 1 amide bonds. The molecule has 5 nitrogen and oxygen atoms in total. The number of para-hydroxylation sites is 2. The van der Waals surface area contributed by atoms with E-state index in [9.17, 15) is 14.7 Å². The molecule has 27 heavy (non-hydrogen) atoms. The summed E-state index contributed by atoms with van der Waals surface area (Å²) >= 11 is 0. The Hall–Kier alpha value is -3.86. The van der Waals surface area contributed by atoms with E-state index in [-0.39, 0.29) is 11.1 Å². The molecular formula is C22H16N2O3. The van der Waals surface area contributed by atoms with Crippen molar-refractivity contribution in [2.45, 2.75) is 0 Å². The number of H-pyrrole nitrogens is 1. The van der Waals surface area contributed by atoms with Gasteiger partial charge in [-0.05, 0) is 30.3 Å². The Morgan fingerprint density at radius 2 is 1.48 bits per heavy atom. The van der Waals surface area contributed by atoms with Gasteiger partial charge < -0.3 is 15.4 Å². The number of hydrogen-bond donors (Lipinski definition) is 3. The van der Waals surface area contributed by atoms with Gasteiger partial charge in [0.25, 0.3) is 5.91 Å². The van der Waals surface area contributed by atoms with Gasteiger partial charge >= 0.3 is 5.97 Å². The number of carbonyl (C=O) groups excluding carboxylic acids is 1. The Morgan fingerprint density at radius 1 is 0.815 bits per heavy atom. The Morgan fingerprint density at radius 3 is 2.26 bits per heavy atom. The summed E-state index contributed by atoms with van der Waals surface area (Å²) < 4.78 is 0. The molecule has 0 fully saturated rings. The highest BCUT2D eigenvalue weighted by Gasteiger charge is 2.17. The predicted molar refractivity (Wildman–Crippen MR) is 105 cm³/mol. The summed E-state index contributed by atoms with van der Waals surface area (Å²) in [5.41, 5.74) is 3.40. The molecule has 3 aromatic carbocycles. The van der Waals surface area contributed by atoms with E-state index in [1.807, 2.05) is 48.5 Å². The topological polar surface area (TPSA) is 82.2 Å². The fourth-order valence-corrected chi connectivity index (χ4v) is 3.10. The summed E-state index contributed by atoms with van der Waals surface area (Å²) in [7, 11) is 0. The van der Waals surface area contributed by atoms with Crippen molar-refractivity contribution in [3.8, 4) is 11.3 Å². The highest BCUT2D eigenvalue weighted by Crippen LogP contribution is 2.30. The normalized spacial score (nSPS) is 10.7. The number of anilines is 1. The maximum atomic E-state index is 12.7. The summed E-state index contributed by atoms with van der Waals surface area (Å²) in [6.07, 6.45) is 0. The number of aromatic carboxylic acids is 1. The third-order valence-corrected chi connectivity index (χ3v) is 4.40. The number of rotatable bonds is 4. The minimum atomic E-state index is -1.13. The van der Waals surface area contributed by atoms with Crippen LogP contribution in [0, 0.1) is 0 Å². The van der Waals surface area contributed by atoms with E-state index in [2.05, 4.69) is 10.3 Å². The van der Waals surface area contributed by atoms with Gasteiger partial charge in [0.2, 0.25) is 0 Å². The van der Waals surface area contributed by atoms with Gasteiger partial charge in [0.1, 0.15) is 0 Å². The second-order valence-corrected chi connectivity index (χ2v) is 6.12. The van der Waals surface area contributed by atoms with Crippen LogP contribution < -0.4 is 5.32 Å². The first kappa shape index (κ1) is 16.6. The molecule has 0 radical (unpaired) electrons. The number of carboxylic acids is 1. The minimum Gasteiger partial charge on any atom is -0.478 e. The third kappa shape index (κ3) is 3.18. The van der Waals surface area contributed by atoms with Gasteiger partial charge in [0.05, 0.1) is 16.8 Å². The summed E-state index contributed by atoms with van der Waals surface area (Å²) in [6.45, 7) is 0. The van der Waals surface area contributed by atoms with Crippen LogP contribution in [-0.4, -0.2) is 22.0 Å². The molecule has 0 aliphatic heterocycles. The average Bonchev–Trinajstić information content (AvgIpc) is 3.12. The Balaban J connectivity index is 1.72. The second-order valence-electron chi connectivity index (χ2n) is 6.12. The fraction of sp³-hybridized carbons (Fsp3) is 0. The molecule has 5 heteroatoms. The summed E-state index contributed by atoms with van der Waals surface area (Å²) in [5.74, 6) is -1.60. The van der Waals surface area contributed by atoms with Crippen LogP contribution >= 0.6 is 0 Å². The van der Waals surface area contributed by atoms with Crippen molar-refractivity contribution >= 4 is 28.5 Å². The number of aromatic amines is 1. The maximum Gasteiger partial charge on any atom is 0.336 e. The van der Waals surface area contributed by atoms with E-state index in [0.717, 1.165) is 22.2 Å². The molecule has 1 heterocycles. The van der Waals surface area contributed by atoms with Crippen LogP contribution in [0.3, 0.4) is 0 Å². The van der Waals surface area contributed by atoms with E-state index >= 15 is 0 Å². The van der Waals surface area contributed by atoms with Gasteiger partial charge in [0.15, 0.2) is 0 Å². The molecule has 0 aliphatic carbocycles. The molecule has 0 saturated heterocycles. The van der Waals surface area contributed by atoms with E-state index < -0.39 is 11.9 Å². The average molecular weight is 356 g/mol. The Bertz CT molecular complexity index is 1130. The van der Waals surface area contributed by atoms with Crippen molar-refractivity contribution in [1.82, 2.24) is 4.98 Å². The third-order valence-electron chi connectivity index (χ3n) is 4.40. The molecule has 4 aromatic rings. The van der Waals surface area contributed by atoms with Gasteiger partial charge in [-0.3, -0.25) is 4.79 Å². The lowest BCUT2D eigenvalue weighted by Gasteiger charge is -2.11. The van der Waals surface area contributed by atoms with E-state index in [1.165, 1.54) is 12.1 Å². The zero-order valence-electron chi connectivity index (χ0n) is 14.3. The van der Waals surface area contributed by atoms with Crippen molar-refractivity contribution in [3.05, 3.63) is 90.0 Å². The van der Waals surface area contributed by atoms with E-state index in [0.29, 0.717) is 5.69 Å². The monoisotopic (exact) mass is 356 g/mol. The first-order valence-corrected chi connectivity index (χ1v) is 8.44. The van der Waals surface area contributed by atoms with Crippen molar-refractivity contribution in [2.75, 3.05) is 5.32 Å². The zero-order chi connectivity index (χ0) is 18.8. The van der Waals surface area contributed by atoms with Crippen LogP contribution in [-0.2, 0) is 0 Å². The number of fused-ring (bicyclic) bond motifs is 1. The van der Waals surface area contributed by atoms with Crippen LogP contribution in [0.2, 0.25) is 0 Å². The van der Waals surface area contributed by atoms with Gasteiger partial charge in [-0.1, -0.05) is 48.5 Å². The number of carbonyl (C=O) groups is 2. The number of benzene rings is 3. The highest BCUT2D eigenvalue weighted by atomic mass is 16.4. The lowest BCUT2D eigenvalue weighted by atomic mass is 10.1. The zero-order valence-corrected chi connectivity index (χ0v) is 14.3. The van der Waals surface area contributed by atoms with Gasteiger partial charge in [-0.15, -0.1) is 0 Å². The summed E-state index contributed by atoms with van der Waals surface area (Å²) in [6, 6.07) is 23.5. The molecule has 1 aromatic heterocycles. The van der Waals surface area contributed by atoms with Gasteiger partial charge in [0, 0.05) is 22.2 Å². The molecule has 0 bridgehead atoms. The maximum absolute atomic E-state index is 12.7. The molecule has 0 saturated carbocycles. The van der Waals surface area contributed by atoms with Crippen molar-refractivity contribution in [1.29, 1.82) is 0 Å². The number of nitrogens with one attached hydrogen (secondary N) is 2. The van der Waals surface area contributed by atoms with E-state index in [1.54, 1.807) is 18.2 Å². The summed E-state index contributed by atoms with van der Waals surface area (Å²) in [4.78, 5) is 27.4. The number of carboxylic acid groups (broad SMARTS) is 1. The van der Waals surface area contributed by atoms with Crippen LogP contribution in [0.5, 0.6) is 0 Å². The Kier molecular flexibility index (Phi) is 4.18. The smallest absolute Gasteiger partial charge is 0.336 e. The Labute approximate surface area is 155 Å². The minimum absolute atomic E-state index is 0.0295. The molecule has 132 valence electrons. The highest BCUT2D eigenvalue weighted by molar-refractivity contribution is 6.11. The molecule has 0 spiro atoms. The van der Waals surface area contributed by atoms with Crippen molar-refractivity contribution < 1.29 is 14.7 Å². The summed E-state index contributed by atoms with van der Waals surface area (Å²) in [5, 5.41) is 13.2. The first-order valence-electron chi connectivity index (χ1n) is 8.44. The molecule has 0 atom stereocenters. The lowest BCUT2D eigenvalue weighted by Crippen LogP contribution is -2.16. The number of amides is 1. The van der Waals surface area contributed by atoms with Crippen molar-refractivity contribution in [3.63, 3.8) is 0 Å². The van der Waals surface area contributed by atoms with Gasteiger partial charge in [-0.25, -0.2) is 4.79 Å². The quantitative estimate of drug-likeness (QED) is 0.492. The first-order chi connectivity index (χ1) is 13.1.